The van der Waals surface area contributed by atoms with Gasteiger partial charge in [0.1, 0.15) is 17.3 Å². The fourth-order valence-corrected chi connectivity index (χ4v) is 3.25. The minimum Gasteiger partial charge on any atom is -0.384 e. The van der Waals surface area contributed by atoms with Crippen molar-refractivity contribution in [2.45, 2.75) is 30.8 Å². The van der Waals surface area contributed by atoms with Gasteiger partial charge in [0.2, 0.25) is 0 Å². The van der Waals surface area contributed by atoms with E-state index in [-0.39, 0.29) is 16.0 Å². The smallest absolute Gasteiger partial charge is 0.284 e. The minimum atomic E-state index is -4.27. The zero-order chi connectivity index (χ0) is 21.1. The third-order valence-corrected chi connectivity index (χ3v) is 5.05. The van der Waals surface area contributed by atoms with Gasteiger partial charge in [-0.3, -0.25) is 9.59 Å². The lowest BCUT2D eigenvalue weighted by atomic mass is 10.0. The molecule has 0 spiro atoms. The summed E-state index contributed by atoms with van der Waals surface area (Å²) < 4.78 is 41.3. The molecule has 0 amide bonds. The number of aliphatic hydroxyl groups is 1. The number of sulfonamides is 1. The largest absolute Gasteiger partial charge is 0.384 e. The van der Waals surface area contributed by atoms with Crippen LogP contribution in [-0.4, -0.2) is 36.5 Å². The van der Waals surface area contributed by atoms with E-state index in [1.807, 2.05) is 0 Å². The van der Waals surface area contributed by atoms with E-state index in [2.05, 4.69) is 4.40 Å². The summed E-state index contributed by atoms with van der Waals surface area (Å²) in [6.07, 6.45) is -0.554. The molecule has 0 atom stereocenters. The summed E-state index contributed by atoms with van der Waals surface area (Å²) in [4.78, 5) is 24.2. The topological polar surface area (TPSA) is 127 Å². The molecular weight excluding hydrogens is 387 g/mol. The molecule has 0 aliphatic heterocycles. The lowest BCUT2D eigenvalue weighted by Crippen LogP contribution is -2.38. The Morgan fingerprint density at radius 1 is 1.07 bits per heavy atom. The van der Waals surface area contributed by atoms with Crippen LogP contribution in [0.25, 0.3) is 0 Å². The van der Waals surface area contributed by atoms with E-state index in [0.29, 0.717) is 0 Å². The van der Waals surface area contributed by atoms with Crippen molar-refractivity contribution in [2.24, 2.45) is 10.1 Å². The van der Waals surface area contributed by atoms with E-state index in [1.165, 1.54) is 50.2 Å². The first-order valence-electron chi connectivity index (χ1n) is 8.15. The number of hydrogen-bond acceptors (Lipinski definition) is 5. The Labute approximate surface area is 161 Å². The molecule has 28 heavy (non-hydrogen) atoms. The van der Waals surface area contributed by atoms with Crippen molar-refractivity contribution in [3.05, 3.63) is 65.5 Å². The number of Topliss-reactive ketones (excluding diaryl/α,β-unsaturated/α-hetero) is 2. The number of rotatable bonds is 7. The van der Waals surface area contributed by atoms with Crippen LogP contribution in [0.2, 0.25) is 0 Å². The third kappa shape index (κ3) is 5.30. The van der Waals surface area contributed by atoms with Crippen molar-refractivity contribution in [1.82, 2.24) is 0 Å². The molecule has 0 aliphatic carbocycles. The van der Waals surface area contributed by atoms with Crippen LogP contribution in [0.3, 0.4) is 0 Å². The maximum absolute atomic E-state index is 13.2. The van der Waals surface area contributed by atoms with E-state index in [1.54, 1.807) is 0 Å². The number of halogens is 1. The normalized spacial score (nSPS) is 12.6. The highest BCUT2D eigenvalue weighted by Gasteiger charge is 2.23. The zero-order valence-corrected chi connectivity index (χ0v) is 16.0. The minimum absolute atomic E-state index is 0.0251. The standard InChI is InChI=1S/C19H19FN2O5S/c1-19(2,25)18(21)22-28(26,27)15-8-4-6-13(10-15)17(24)11-16(23)12-5-3-7-14(20)9-12/h3-10,25H,11H2,1-2H3,(H2,21,22). The Balaban J connectivity index is 2.27. The van der Waals surface area contributed by atoms with Crippen molar-refractivity contribution in [2.75, 3.05) is 0 Å². The number of nitrogens with zero attached hydrogens (tertiary/aromatic N) is 1. The van der Waals surface area contributed by atoms with Crippen LogP contribution in [0, 0.1) is 5.82 Å². The van der Waals surface area contributed by atoms with Gasteiger partial charge < -0.3 is 10.8 Å². The van der Waals surface area contributed by atoms with Crippen LogP contribution in [-0.2, 0) is 10.0 Å². The predicted octanol–water partition coefficient (Wildman–Crippen LogP) is 2.10. The first kappa shape index (κ1) is 21.4. The molecule has 3 N–H and O–H groups in total. The maximum Gasteiger partial charge on any atom is 0.284 e. The molecule has 148 valence electrons. The molecule has 0 fully saturated rings. The van der Waals surface area contributed by atoms with Crippen LogP contribution in [0.4, 0.5) is 4.39 Å². The molecule has 9 heteroatoms. The second-order valence-electron chi connectivity index (χ2n) is 6.57. The van der Waals surface area contributed by atoms with Crippen molar-refractivity contribution in [1.29, 1.82) is 0 Å². The van der Waals surface area contributed by atoms with Crippen molar-refractivity contribution < 1.29 is 27.5 Å². The molecule has 0 radical (unpaired) electrons. The van der Waals surface area contributed by atoms with Gasteiger partial charge in [0, 0.05) is 11.1 Å². The first-order valence-corrected chi connectivity index (χ1v) is 9.59. The number of carbonyl (C=O) groups excluding carboxylic acids is 2. The number of hydrogen-bond donors (Lipinski definition) is 2. The van der Waals surface area contributed by atoms with Gasteiger partial charge in [-0.2, -0.15) is 8.42 Å². The lowest BCUT2D eigenvalue weighted by Gasteiger charge is -2.15. The van der Waals surface area contributed by atoms with E-state index >= 15 is 0 Å². The number of nitrogens with two attached hydrogens (primary N) is 1. The molecule has 2 rings (SSSR count). The number of ketones is 2. The summed E-state index contributed by atoms with van der Waals surface area (Å²) in [6.45, 7) is 2.55. The van der Waals surface area contributed by atoms with Gasteiger partial charge in [0.05, 0.1) is 11.3 Å². The van der Waals surface area contributed by atoms with E-state index in [4.69, 9.17) is 5.73 Å². The summed E-state index contributed by atoms with van der Waals surface area (Å²) in [7, 11) is -4.27. The van der Waals surface area contributed by atoms with Crippen molar-refractivity contribution in [3.63, 3.8) is 0 Å². The van der Waals surface area contributed by atoms with Crippen molar-refractivity contribution in [3.8, 4) is 0 Å². The van der Waals surface area contributed by atoms with Crippen LogP contribution in [0.15, 0.2) is 57.8 Å². The highest BCUT2D eigenvalue weighted by Crippen LogP contribution is 2.18. The molecule has 2 aromatic carbocycles. The highest BCUT2D eigenvalue weighted by atomic mass is 32.2. The molecule has 2 aromatic rings. The molecule has 7 nitrogen and oxygen atoms in total. The molecule has 0 unspecified atom stereocenters. The van der Waals surface area contributed by atoms with Crippen LogP contribution >= 0.6 is 0 Å². The van der Waals surface area contributed by atoms with Crippen LogP contribution in [0.1, 0.15) is 41.0 Å². The SMILES string of the molecule is CC(C)(O)/C(N)=N/S(=O)(=O)c1cccc(C(=O)CC(=O)c2cccc(F)c2)c1. The molecular formula is C19H19FN2O5S. The second-order valence-corrected chi connectivity index (χ2v) is 8.18. The summed E-state index contributed by atoms with van der Waals surface area (Å²) in [6, 6.07) is 9.88. The highest BCUT2D eigenvalue weighted by molar-refractivity contribution is 7.90. The van der Waals surface area contributed by atoms with Gasteiger partial charge in [0.15, 0.2) is 11.6 Å². The number of amidine groups is 1. The monoisotopic (exact) mass is 406 g/mol. The third-order valence-electron chi connectivity index (χ3n) is 3.77. The van der Waals surface area contributed by atoms with Gasteiger partial charge in [-0.25, -0.2) is 4.39 Å². The Bertz CT molecular complexity index is 1060. The van der Waals surface area contributed by atoms with E-state index in [9.17, 15) is 27.5 Å². The molecule has 0 saturated carbocycles. The van der Waals surface area contributed by atoms with Gasteiger partial charge >= 0.3 is 0 Å². The average Bonchev–Trinajstić information content (AvgIpc) is 2.60. The zero-order valence-electron chi connectivity index (χ0n) is 15.2. The summed E-state index contributed by atoms with van der Waals surface area (Å²) >= 11 is 0. The Morgan fingerprint density at radius 2 is 1.61 bits per heavy atom. The number of benzene rings is 2. The van der Waals surface area contributed by atoms with Gasteiger partial charge in [-0.1, -0.05) is 24.3 Å². The van der Waals surface area contributed by atoms with Crippen LogP contribution < -0.4 is 5.73 Å². The van der Waals surface area contributed by atoms with E-state index in [0.717, 1.165) is 12.1 Å². The van der Waals surface area contributed by atoms with Crippen LogP contribution in [0.5, 0.6) is 0 Å². The van der Waals surface area contributed by atoms with E-state index < -0.39 is 45.3 Å². The fourth-order valence-electron chi connectivity index (χ4n) is 2.14. The molecule has 0 heterocycles. The lowest BCUT2D eigenvalue weighted by molar-refractivity contribution is 0.0893. The average molecular weight is 406 g/mol. The summed E-state index contributed by atoms with van der Waals surface area (Å²) in [5.41, 5.74) is 3.87. The molecule has 0 aromatic heterocycles. The Morgan fingerprint density at radius 3 is 2.14 bits per heavy atom. The quantitative estimate of drug-likeness (QED) is 0.314. The molecule has 0 aliphatic rings. The molecule has 0 bridgehead atoms. The van der Waals surface area contributed by atoms with Gasteiger partial charge in [-0.05, 0) is 38.1 Å². The Hall–Kier alpha value is -2.91. The molecule has 0 saturated heterocycles. The second kappa shape index (κ2) is 7.99. The first-order chi connectivity index (χ1) is 12.9. The maximum atomic E-state index is 13.2. The van der Waals surface area contributed by atoms with Gasteiger partial charge in [0.25, 0.3) is 10.0 Å². The Kier molecular flexibility index (Phi) is 6.10. The van der Waals surface area contributed by atoms with Gasteiger partial charge in [-0.15, -0.1) is 4.40 Å². The van der Waals surface area contributed by atoms with Crippen molar-refractivity contribution >= 4 is 27.4 Å². The summed E-state index contributed by atoms with van der Waals surface area (Å²) in [5.74, 6) is -2.34. The summed E-state index contributed by atoms with van der Waals surface area (Å²) in [5, 5.41) is 9.73. The predicted molar refractivity (Wildman–Crippen MR) is 101 cm³/mol. The number of carbonyl (C=O) groups is 2. The fraction of sp³-hybridized carbons (Fsp3) is 0.211.